The van der Waals surface area contributed by atoms with Gasteiger partial charge in [-0.1, -0.05) is 76.5 Å². The molecule has 6 heteroatoms. The zero-order valence-electron chi connectivity index (χ0n) is 24.0. The average molecular weight is 509 g/mol. The Morgan fingerprint density at radius 2 is 1.84 bits per heavy atom. The molecule has 2 amide bonds. The van der Waals surface area contributed by atoms with Crippen LogP contribution < -0.4 is 10.2 Å². The predicted molar refractivity (Wildman–Crippen MR) is 149 cm³/mol. The van der Waals surface area contributed by atoms with Gasteiger partial charge in [-0.15, -0.1) is 6.58 Å². The molecule has 0 spiro atoms. The number of carbonyl (C=O) groups excluding carboxylic acids is 3. The van der Waals surface area contributed by atoms with Crippen LogP contribution in [0.4, 0.5) is 0 Å². The zero-order chi connectivity index (χ0) is 28.1. The van der Waals surface area contributed by atoms with E-state index in [1.165, 1.54) is 6.92 Å². The van der Waals surface area contributed by atoms with Crippen molar-refractivity contribution in [3.8, 4) is 5.75 Å². The van der Waals surface area contributed by atoms with E-state index < -0.39 is 11.9 Å². The van der Waals surface area contributed by atoms with Gasteiger partial charge < -0.3 is 4.74 Å². The molecule has 3 atom stereocenters. The predicted octanol–water partition coefficient (Wildman–Crippen LogP) is 6.50. The third kappa shape index (κ3) is 7.21. The number of allylic oxidation sites excluding steroid dienone is 4. The summed E-state index contributed by atoms with van der Waals surface area (Å²) in [4.78, 5) is 39.6. The van der Waals surface area contributed by atoms with Crippen molar-refractivity contribution < 1.29 is 19.1 Å². The van der Waals surface area contributed by atoms with Gasteiger partial charge in [0.25, 0.3) is 5.91 Å². The van der Waals surface area contributed by atoms with Gasteiger partial charge in [-0.05, 0) is 56.6 Å². The average Bonchev–Trinajstić information content (AvgIpc) is 2.79. The quantitative estimate of drug-likeness (QED) is 0.188. The van der Waals surface area contributed by atoms with Crippen LogP contribution in [0.25, 0.3) is 0 Å². The third-order valence-corrected chi connectivity index (χ3v) is 7.11. The van der Waals surface area contributed by atoms with E-state index in [1.54, 1.807) is 30.1 Å². The summed E-state index contributed by atoms with van der Waals surface area (Å²) < 4.78 is 5.48. The van der Waals surface area contributed by atoms with Gasteiger partial charge >= 0.3 is 5.97 Å². The molecule has 0 aromatic heterocycles. The Bertz CT molecular complexity index is 1110. The summed E-state index contributed by atoms with van der Waals surface area (Å²) >= 11 is 0. The lowest BCUT2D eigenvalue weighted by atomic mass is 9.79. The maximum Gasteiger partial charge on any atom is 0.308 e. The first-order valence-electron chi connectivity index (χ1n) is 13.1. The van der Waals surface area contributed by atoms with E-state index in [4.69, 9.17) is 4.74 Å². The highest BCUT2D eigenvalue weighted by Crippen LogP contribution is 2.34. The summed E-state index contributed by atoms with van der Waals surface area (Å²) in [6, 6.07) is 3.27. The van der Waals surface area contributed by atoms with Crippen molar-refractivity contribution in [1.29, 1.82) is 0 Å². The van der Waals surface area contributed by atoms with Crippen LogP contribution in [0.15, 0.2) is 48.1 Å². The SMILES string of the molecule is C=CCc1ccc(C(=O)NN(C(=O)C2C=C(C)C=C(C)C2C)[C@H](CCC)C(C)(C)C)c(C)c1OC(C)=O. The lowest BCUT2D eigenvalue weighted by Gasteiger charge is -2.42. The van der Waals surface area contributed by atoms with E-state index in [2.05, 4.69) is 52.7 Å². The molecule has 37 heavy (non-hydrogen) atoms. The fraction of sp³-hybridized carbons (Fsp3) is 0.516. The molecular weight excluding hydrogens is 464 g/mol. The fourth-order valence-corrected chi connectivity index (χ4v) is 4.97. The zero-order valence-corrected chi connectivity index (χ0v) is 24.0. The minimum atomic E-state index is -0.463. The van der Waals surface area contributed by atoms with Gasteiger partial charge in [0.15, 0.2) is 0 Å². The molecule has 2 unspecified atom stereocenters. The summed E-state index contributed by atoms with van der Waals surface area (Å²) in [6.07, 6.45) is 7.93. The van der Waals surface area contributed by atoms with E-state index in [-0.39, 0.29) is 29.2 Å². The molecule has 0 fully saturated rings. The number of benzene rings is 1. The van der Waals surface area contributed by atoms with Crippen molar-refractivity contribution in [2.45, 2.75) is 87.6 Å². The highest BCUT2D eigenvalue weighted by Gasteiger charge is 2.39. The number of amides is 2. The Kier molecular flexibility index (Phi) is 10.1. The van der Waals surface area contributed by atoms with Crippen molar-refractivity contribution in [3.63, 3.8) is 0 Å². The van der Waals surface area contributed by atoms with Crippen LogP contribution in [0, 0.1) is 24.2 Å². The van der Waals surface area contributed by atoms with Crippen LogP contribution in [0.1, 0.15) is 89.7 Å². The van der Waals surface area contributed by atoms with E-state index in [9.17, 15) is 14.4 Å². The number of nitrogens with zero attached hydrogens (tertiary/aromatic N) is 1. The maximum atomic E-state index is 14.1. The standard InChI is InChI=1S/C31H44N2O4/c1-11-13-24-15-16-25(22(6)28(24)37-23(7)34)29(35)32-33(27(14-12-2)31(8,9)10)30(36)26-18-19(3)17-20(4)21(26)5/h11,15-18,21,26-27H,1,12-14H2,2-10H3,(H,32,35)/t21?,26?,27-/m1/s1. The van der Waals surface area contributed by atoms with Gasteiger partial charge in [-0.2, -0.15) is 0 Å². The second-order valence-electron chi connectivity index (χ2n) is 11.2. The third-order valence-electron chi connectivity index (χ3n) is 7.11. The summed E-state index contributed by atoms with van der Waals surface area (Å²) in [7, 11) is 0. The van der Waals surface area contributed by atoms with E-state index in [0.717, 1.165) is 29.6 Å². The lowest BCUT2D eigenvalue weighted by Crippen LogP contribution is -2.58. The molecule has 0 aliphatic heterocycles. The van der Waals surface area contributed by atoms with Crippen LogP contribution in [0.3, 0.4) is 0 Å². The molecule has 6 nitrogen and oxygen atoms in total. The molecule has 0 saturated carbocycles. The first-order chi connectivity index (χ1) is 17.2. The van der Waals surface area contributed by atoms with E-state index >= 15 is 0 Å². The van der Waals surface area contributed by atoms with Crippen molar-refractivity contribution in [2.24, 2.45) is 17.3 Å². The van der Waals surface area contributed by atoms with E-state index in [1.807, 2.05) is 19.9 Å². The molecule has 1 aliphatic rings. The van der Waals surface area contributed by atoms with Gasteiger partial charge in [0.05, 0.1) is 12.0 Å². The van der Waals surface area contributed by atoms with Crippen LogP contribution >= 0.6 is 0 Å². The topological polar surface area (TPSA) is 75.7 Å². The number of esters is 1. The second-order valence-corrected chi connectivity index (χ2v) is 11.2. The number of hydrazine groups is 1. The monoisotopic (exact) mass is 508 g/mol. The largest absolute Gasteiger partial charge is 0.426 e. The minimum Gasteiger partial charge on any atom is -0.426 e. The van der Waals surface area contributed by atoms with Crippen molar-refractivity contribution in [2.75, 3.05) is 0 Å². The van der Waals surface area contributed by atoms with Crippen LogP contribution in [-0.4, -0.2) is 28.8 Å². The number of rotatable bonds is 8. The molecule has 1 aromatic rings. The molecule has 1 N–H and O–H groups in total. The second kappa shape index (κ2) is 12.4. The number of hydrogen-bond donors (Lipinski definition) is 1. The number of carbonyl (C=O) groups is 3. The smallest absolute Gasteiger partial charge is 0.308 e. The number of ether oxygens (including phenoxy) is 1. The van der Waals surface area contributed by atoms with Crippen LogP contribution in [-0.2, 0) is 16.0 Å². The Labute approximate surface area is 222 Å². The molecule has 1 aromatic carbocycles. The van der Waals surface area contributed by atoms with Gasteiger partial charge in [-0.3, -0.25) is 19.8 Å². The van der Waals surface area contributed by atoms with Gasteiger partial charge in [0, 0.05) is 18.1 Å². The first kappa shape index (κ1) is 30.1. The molecule has 2 rings (SSSR count). The summed E-state index contributed by atoms with van der Waals surface area (Å²) in [5.41, 5.74) is 6.56. The molecule has 202 valence electrons. The minimum absolute atomic E-state index is 0.0216. The first-order valence-corrected chi connectivity index (χ1v) is 13.1. The highest BCUT2D eigenvalue weighted by atomic mass is 16.5. The van der Waals surface area contributed by atoms with Crippen LogP contribution in [0.2, 0.25) is 0 Å². The number of hydrogen-bond acceptors (Lipinski definition) is 4. The Morgan fingerprint density at radius 1 is 1.19 bits per heavy atom. The van der Waals surface area contributed by atoms with Crippen molar-refractivity contribution in [3.05, 3.63) is 64.8 Å². The van der Waals surface area contributed by atoms with Crippen molar-refractivity contribution in [1.82, 2.24) is 10.4 Å². The maximum absolute atomic E-state index is 14.1. The fourth-order valence-electron chi connectivity index (χ4n) is 4.97. The molecular formula is C31H44N2O4. The molecule has 0 heterocycles. The number of nitrogens with one attached hydrogen (secondary N) is 1. The molecule has 0 saturated heterocycles. The van der Waals surface area contributed by atoms with E-state index in [0.29, 0.717) is 23.3 Å². The van der Waals surface area contributed by atoms with Gasteiger partial charge in [0.1, 0.15) is 5.75 Å². The lowest BCUT2D eigenvalue weighted by molar-refractivity contribution is -0.143. The van der Waals surface area contributed by atoms with Crippen molar-refractivity contribution >= 4 is 17.8 Å². The summed E-state index contributed by atoms with van der Waals surface area (Å²) in [6.45, 7) is 21.3. The van der Waals surface area contributed by atoms with Gasteiger partial charge in [-0.25, -0.2) is 5.01 Å². The summed E-state index contributed by atoms with van der Waals surface area (Å²) in [5.74, 6) is -0.990. The Hall–Kier alpha value is -3.15. The highest BCUT2D eigenvalue weighted by molar-refractivity contribution is 5.98. The normalized spacial score (nSPS) is 18.3. The molecule has 1 aliphatic carbocycles. The summed E-state index contributed by atoms with van der Waals surface area (Å²) in [5, 5.41) is 1.57. The molecule has 0 bridgehead atoms. The van der Waals surface area contributed by atoms with Gasteiger partial charge in [0.2, 0.25) is 5.91 Å². The Morgan fingerprint density at radius 3 is 2.38 bits per heavy atom. The molecule has 0 radical (unpaired) electrons. The van der Waals surface area contributed by atoms with Crippen LogP contribution in [0.5, 0.6) is 5.75 Å². The Balaban J connectivity index is 2.56.